The highest BCUT2D eigenvalue weighted by molar-refractivity contribution is 7.92. The standard InChI is InChI=1S/C13H10ClNO5S/c14-9-2-4-10(5-3-9)21(19,20)15-11-7-8(13(17)18)1-6-12(11)16/h1-7,15-16H,(H,17,18). The molecule has 8 heteroatoms. The van der Waals surface area contributed by atoms with Gasteiger partial charge >= 0.3 is 5.97 Å². The van der Waals surface area contributed by atoms with Gasteiger partial charge in [0.1, 0.15) is 5.75 Å². The molecule has 110 valence electrons. The van der Waals surface area contributed by atoms with Gasteiger partial charge in [-0.25, -0.2) is 13.2 Å². The Morgan fingerprint density at radius 3 is 2.29 bits per heavy atom. The minimum atomic E-state index is -3.96. The Morgan fingerprint density at radius 2 is 1.71 bits per heavy atom. The molecule has 0 fully saturated rings. The average Bonchev–Trinajstić information content (AvgIpc) is 2.41. The number of carboxylic acid groups (broad SMARTS) is 1. The molecule has 21 heavy (non-hydrogen) atoms. The monoisotopic (exact) mass is 327 g/mol. The molecule has 0 aliphatic rings. The smallest absolute Gasteiger partial charge is 0.335 e. The number of sulfonamides is 1. The number of rotatable bonds is 4. The van der Waals surface area contributed by atoms with Crippen LogP contribution in [-0.2, 0) is 10.0 Å². The largest absolute Gasteiger partial charge is 0.506 e. The Bertz CT molecular complexity index is 787. The van der Waals surface area contributed by atoms with Gasteiger partial charge in [0.15, 0.2) is 0 Å². The predicted molar refractivity (Wildman–Crippen MR) is 77.3 cm³/mol. The van der Waals surface area contributed by atoms with E-state index in [1.165, 1.54) is 24.3 Å². The van der Waals surface area contributed by atoms with Gasteiger partial charge in [0.05, 0.1) is 16.1 Å². The van der Waals surface area contributed by atoms with E-state index in [0.29, 0.717) is 5.02 Å². The number of phenolic OH excluding ortho intramolecular Hbond substituents is 1. The van der Waals surface area contributed by atoms with Crippen LogP contribution in [0.4, 0.5) is 5.69 Å². The Labute approximate surface area is 125 Å². The lowest BCUT2D eigenvalue weighted by atomic mass is 10.2. The molecule has 0 aromatic heterocycles. The van der Waals surface area contributed by atoms with Crippen LogP contribution in [0.25, 0.3) is 0 Å². The Morgan fingerprint density at radius 1 is 1.10 bits per heavy atom. The summed E-state index contributed by atoms with van der Waals surface area (Å²) in [5.74, 6) is -1.61. The van der Waals surface area contributed by atoms with Gasteiger partial charge in [0.25, 0.3) is 10.0 Å². The van der Waals surface area contributed by atoms with Gasteiger partial charge in [-0.05, 0) is 42.5 Å². The zero-order valence-corrected chi connectivity index (χ0v) is 12.0. The third-order valence-corrected chi connectivity index (χ3v) is 4.25. The summed E-state index contributed by atoms with van der Waals surface area (Å²) in [6, 6.07) is 8.70. The third-order valence-electron chi connectivity index (χ3n) is 2.61. The van der Waals surface area contributed by atoms with Gasteiger partial charge in [-0.15, -0.1) is 0 Å². The maximum atomic E-state index is 12.1. The van der Waals surface area contributed by atoms with Crippen LogP contribution < -0.4 is 4.72 Å². The number of benzene rings is 2. The number of hydrogen-bond donors (Lipinski definition) is 3. The number of carbonyl (C=O) groups is 1. The number of aromatic carboxylic acids is 1. The van der Waals surface area contributed by atoms with E-state index in [0.717, 1.165) is 18.2 Å². The van der Waals surface area contributed by atoms with Crippen molar-refractivity contribution >= 4 is 33.3 Å². The van der Waals surface area contributed by atoms with Crippen molar-refractivity contribution in [3.63, 3.8) is 0 Å². The van der Waals surface area contributed by atoms with Crippen LogP contribution in [0, 0.1) is 0 Å². The summed E-state index contributed by atoms with van der Waals surface area (Å²) in [5.41, 5.74) is -0.369. The molecule has 0 radical (unpaired) electrons. The summed E-state index contributed by atoms with van der Waals surface area (Å²) in [7, 11) is -3.96. The van der Waals surface area contributed by atoms with E-state index in [1.54, 1.807) is 0 Å². The molecule has 0 saturated carbocycles. The second-order valence-electron chi connectivity index (χ2n) is 4.10. The second kappa shape index (κ2) is 5.63. The van der Waals surface area contributed by atoms with Gasteiger partial charge in [-0.2, -0.15) is 0 Å². The minimum Gasteiger partial charge on any atom is -0.506 e. The fourth-order valence-electron chi connectivity index (χ4n) is 1.57. The van der Waals surface area contributed by atoms with E-state index in [9.17, 15) is 18.3 Å². The molecule has 2 aromatic carbocycles. The highest BCUT2D eigenvalue weighted by atomic mass is 35.5. The molecule has 0 amide bonds. The van der Waals surface area contributed by atoms with Crippen LogP contribution in [0.3, 0.4) is 0 Å². The molecule has 0 heterocycles. The van der Waals surface area contributed by atoms with Crippen LogP contribution in [0.15, 0.2) is 47.4 Å². The predicted octanol–water partition coefficient (Wildman–Crippen LogP) is 2.54. The minimum absolute atomic E-state index is 0.0629. The fraction of sp³-hybridized carbons (Fsp3) is 0. The van der Waals surface area contributed by atoms with Crippen molar-refractivity contribution < 1.29 is 23.4 Å². The summed E-state index contributed by atoms with van der Waals surface area (Å²) < 4.78 is 26.4. The van der Waals surface area contributed by atoms with E-state index < -0.39 is 16.0 Å². The van der Waals surface area contributed by atoms with Gasteiger partial charge < -0.3 is 10.2 Å². The van der Waals surface area contributed by atoms with Crippen LogP contribution >= 0.6 is 11.6 Å². The summed E-state index contributed by atoms with van der Waals surface area (Å²) >= 11 is 5.68. The van der Waals surface area contributed by atoms with Crippen LogP contribution in [0.1, 0.15) is 10.4 Å². The zero-order chi connectivity index (χ0) is 15.6. The number of hydrogen-bond acceptors (Lipinski definition) is 4. The lowest BCUT2D eigenvalue weighted by molar-refractivity contribution is 0.0697. The highest BCUT2D eigenvalue weighted by Gasteiger charge is 2.17. The quantitative estimate of drug-likeness (QED) is 0.749. The molecular weight excluding hydrogens is 318 g/mol. The fourth-order valence-corrected chi connectivity index (χ4v) is 2.76. The lowest BCUT2D eigenvalue weighted by Gasteiger charge is -2.10. The van der Waals surface area contributed by atoms with Gasteiger partial charge in [0.2, 0.25) is 0 Å². The highest BCUT2D eigenvalue weighted by Crippen LogP contribution is 2.27. The normalized spacial score (nSPS) is 11.1. The van der Waals surface area contributed by atoms with E-state index in [2.05, 4.69) is 4.72 Å². The van der Waals surface area contributed by atoms with Crippen molar-refractivity contribution in [3.8, 4) is 5.75 Å². The SMILES string of the molecule is O=C(O)c1ccc(O)c(NS(=O)(=O)c2ccc(Cl)cc2)c1. The van der Waals surface area contributed by atoms with E-state index in [4.69, 9.17) is 16.7 Å². The van der Waals surface area contributed by atoms with Crippen molar-refractivity contribution in [1.29, 1.82) is 0 Å². The molecular formula is C13H10ClNO5S. The van der Waals surface area contributed by atoms with Crippen molar-refractivity contribution in [2.24, 2.45) is 0 Å². The first-order chi connectivity index (χ1) is 9.79. The van der Waals surface area contributed by atoms with Crippen LogP contribution in [0.5, 0.6) is 5.75 Å². The van der Waals surface area contributed by atoms with Crippen LogP contribution in [0.2, 0.25) is 5.02 Å². The van der Waals surface area contributed by atoms with Crippen molar-refractivity contribution in [2.45, 2.75) is 4.90 Å². The first-order valence-electron chi connectivity index (χ1n) is 5.64. The molecule has 0 aliphatic heterocycles. The van der Waals surface area contributed by atoms with Crippen LogP contribution in [-0.4, -0.2) is 24.6 Å². The molecule has 2 aromatic rings. The molecule has 2 rings (SSSR count). The second-order valence-corrected chi connectivity index (χ2v) is 6.22. The maximum Gasteiger partial charge on any atom is 0.335 e. The number of phenols is 1. The van der Waals surface area contributed by atoms with Crippen molar-refractivity contribution in [2.75, 3.05) is 4.72 Å². The number of halogens is 1. The Hall–Kier alpha value is -2.25. The molecule has 0 aliphatic carbocycles. The summed E-state index contributed by atoms with van der Waals surface area (Å²) in [6.07, 6.45) is 0. The Kier molecular flexibility index (Phi) is 4.06. The maximum absolute atomic E-state index is 12.1. The van der Waals surface area contributed by atoms with Gasteiger partial charge in [-0.3, -0.25) is 4.72 Å². The van der Waals surface area contributed by atoms with E-state index in [-0.39, 0.29) is 21.9 Å². The van der Waals surface area contributed by atoms with E-state index in [1.807, 2.05) is 0 Å². The first-order valence-corrected chi connectivity index (χ1v) is 7.50. The van der Waals surface area contributed by atoms with Gasteiger partial charge in [-0.1, -0.05) is 11.6 Å². The van der Waals surface area contributed by atoms with Gasteiger partial charge in [0, 0.05) is 5.02 Å². The number of aromatic hydroxyl groups is 1. The number of carboxylic acids is 1. The molecule has 0 bridgehead atoms. The molecule has 0 atom stereocenters. The molecule has 3 N–H and O–H groups in total. The summed E-state index contributed by atoms with van der Waals surface area (Å²) in [4.78, 5) is 10.8. The molecule has 0 unspecified atom stereocenters. The summed E-state index contributed by atoms with van der Waals surface area (Å²) in [6.45, 7) is 0. The average molecular weight is 328 g/mol. The van der Waals surface area contributed by atoms with Crippen molar-refractivity contribution in [3.05, 3.63) is 53.1 Å². The molecule has 0 spiro atoms. The molecule has 6 nitrogen and oxygen atoms in total. The zero-order valence-electron chi connectivity index (χ0n) is 10.4. The van der Waals surface area contributed by atoms with Crippen molar-refractivity contribution in [1.82, 2.24) is 0 Å². The number of anilines is 1. The summed E-state index contributed by atoms with van der Waals surface area (Å²) in [5, 5.41) is 18.9. The topological polar surface area (TPSA) is 104 Å². The Balaban J connectivity index is 2.38. The third kappa shape index (κ3) is 3.45. The molecule has 0 saturated heterocycles. The lowest BCUT2D eigenvalue weighted by Crippen LogP contribution is -2.13. The van der Waals surface area contributed by atoms with E-state index >= 15 is 0 Å². The first kappa shape index (κ1) is 15.1. The number of nitrogens with one attached hydrogen (secondary N) is 1.